The number of ether oxygens (including phenoxy) is 1. The molecule has 3 rings (SSSR count). The molecule has 164 valence electrons. The van der Waals surface area contributed by atoms with E-state index in [0.717, 1.165) is 18.4 Å². The Labute approximate surface area is 180 Å². The SMILES string of the molecule is C=C(CC)/C(F)=C1/Oc2c(cc(CCc3ccc(CCC)cc3F)c(F)c2F)CC1=C. The zero-order valence-electron chi connectivity index (χ0n) is 17.9. The van der Waals surface area contributed by atoms with Gasteiger partial charge in [-0.3, -0.25) is 0 Å². The third-order valence-corrected chi connectivity index (χ3v) is 5.50. The molecule has 1 nitrogen and oxygen atoms in total. The van der Waals surface area contributed by atoms with Crippen molar-refractivity contribution < 1.29 is 22.3 Å². The molecule has 0 aliphatic carbocycles. The van der Waals surface area contributed by atoms with Gasteiger partial charge in [0.05, 0.1) is 0 Å². The first-order chi connectivity index (χ1) is 14.8. The highest BCUT2D eigenvalue weighted by Crippen LogP contribution is 2.39. The van der Waals surface area contributed by atoms with Crippen molar-refractivity contribution in [2.24, 2.45) is 0 Å². The van der Waals surface area contributed by atoms with Crippen molar-refractivity contribution in [1.29, 1.82) is 0 Å². The van der Waals surface area contributed by atoms with Crippen LogP contribution in [0.25, 0.3) is 0 Å². The normalized spacial score (nSPS) is 14.8. The Morgan fingerprint density at radius 3 is 2.35 bits per heavy atom. The second kappa shape index (κ2) is 9.54. The molecular formula is C26H26F4O. The van der Waals surface area contributed by atoms with Crippen LogP contribution in [-0.2, 0) is 25.7 Å². The highest BCUT2D eigenvalue weighted by atomic mass is 19.2. The minimum absolute atomic E-state index is 0.121. The Kier molecular flexibility index (Phi) is 7.04. The van der Waals surface area contributed by atoms with Crippen molar-refractivity contribution in [3.8, 4) is 5.75 Å². The van der Waals surface area contributed by atoms with Gasteiger partial charge in [-0.2, -0.15) is 4.39 Å². The number of rotatable bonds is 7. The lowest BCUT2D eigenvalue weighted by Gasteiger charge is -2.24. The maximum Gasteiger partial charge on any atom is 0.201 e. The molecular weight excluding hydrogens is 404 g/mol. The fourth-order valence-electron chi connectivity index (χ4n) is 3.65. The predicted octanol–water partition coefficient (Wildman–Crippen LogP) is 7.48. The summed E-state index contributed by atoms with van der Waals surface area (Å²) in [4.78, 5) is 0. The average molecular weight is 430 g/mol. The Morgan fingerprint density at radius 2 is 1.71 bits per heavy atom. The molecule has 0 spiro atoms. The highest BCUT2D eigenvalue weighted by Gasteiger charge is 2.28. The van der Waals surface area contributed by atoms with Gasteiger partial charge in [-0.25, -0.2) is 13.2 Å². The summed E-state index contributed by atoms with van der Waals surface area (Å²) < 4.78 is 63.7. The molecule has 0 aromatic heterocycles. The zero-order chi connectivity index (χ0) is 22.7. The number of fused-ring (bicyclic) bond motifs is 1. The summed E-state index contributed by atoms with van der Waals surface area (Å²) in [6.07, 6.45) is 2.53. The summed E-state index contributed by atoms with van der Waals surface area (Å²) in [7, 11) is 0. The molecule has 1 aliphatic heterocycles. The quantitative estimate of drug-likeness (QED) is 0.414. The number of aryl methyl sites for hydroxylation is 3. The number of hydrogen-bond acceptors (Lipinski definition) is 1. The molecule has 0 amide bonds. The van der Waals surface area contributed by atoms with E-state index in [1.165, 1.54) is 12.1 Å². The first kappa shape index (κ1) is 22.9. The van der Waals surface area contributed by atoms with Gasteiger partial charge in [0, 0.05) is 12.0 Å². The molecule has 2 aromatic carbocycles. The van der Waals surface area contributed by atoms with Crippen molar-refractivity contribution in [2.45, 2.75) is 52.4 Å². The van der Waals surface area contributed by atoms with Gasteiger partial charge in [0.15, 0.2) is 23.2 Å². The summed E-state index contributed by atoms with van der Waals surface area (Å²) in [5.41, 5.74) is 2.39. The lowest BCUT2D eigenvalue weighted by atomic mass is 9.94. The van der Waals surface area contributed by atoms with Crippen LogP contribution in [0.15, 0.2) is 60.2 Å². The molecule has 2 aromatic rings. The Bertz CT molecular complexity index is 1070. The Morgan fingerprint density at radius 1 is 1.00 bits per heavy atom. The second-order valence-corrected chi connectivity index (χ2v) is 7.81. The summed E-state index contributed by atoms with van der Waals surface area (Å²) >= 11 is 0. The smallest absolute Gasteiger partial charge is 0.201 e. The van der Waals surface area contributed by atoms with E-state index in [1.54, 1.807) is 13.0 Å². The Hall–Kier alpha value is -2.82. The van der Waals surface area contributed by atoms with Gasteiger partial charge in [0.2, 0.25) is 5.82 Å². The van der Waals surface area contributed by atoms with E-state index in [1.807, 2.05) is 13.0 Å². The van der Waals surface area contributed by atoms with Crippen LogP contribution in [0.5, 0.6) is 5.75 Å². The van der Waals surface area contributed by atoms with Crippen LogP contribution < -0.4 is 4.74 Å². The van der Waals surface area contributed by atoms with E-state index < -0.39 is 17.5 Å². The lowest BCUT2D eigenvalue weighted by molar-refractivity contribution is 0.353. The van der Waals surface area contributed by atoms with E-state index in [-0.39, 0.29) is 47.7 Å². The minimum Gasteiger partial charge on any atom is -0.450 e. The third-order valence-electron chi connectivity index (χ3n) is 5.50. The van der Waals surface area contributed by atoms with E-state index in [0.29, 0.717) is 23.1 Å². The second-order valence-electron chi connectivity index (χ2n) is 7.81. The first-order valence-electron chi connectivity index (χ1n) is 10.5. The van der Waals surface area contributed by atoms with Crippen LogP contribution in [0.4, 0.5) is 17.6 Å². The van der Waals surface area contributed by atoms with Gasteiger partial charge < -0.3 is 4.74 Å². The van der Waals surface area contributed by atoms with Crippen LogP contribution in [-0.4, -0.2) is 0 Å². The highest BCUT2D eigenvalue weighted by molar-refractivity contribution is 5.51. The van der Waals surface area contributed by atoms with Crippen LogP contribution in [0.2, 0.25) is 0 Å². The molecule has 5 heteroatoms. The third kappa shape index (κ3) is 4.76. The van der Waals surface area contributed by atoms with Gasteiger partial charge in [0.25, 0.3) is 0 Å². The number of halogens is 4. The maximum absolute atomic E-state index is 14.8. The molecule has 0 atom stereocenters. The molecule has 0 saturated heterocycles. The molecule has 0 saturated carbocycles. The van der Waals surface area contributed by atoms with Crippen molar-refractivity contribution >= 4 is 0 Å². The fourth-order valence-corrected chi connectivity index (χ4v) is 3.65. The van der Waals surface area contributed by atoms with Gasteiger partial charge in [-0.1, -0.05) is 45.6 Å². The van der Waals surface area contributed by atoms with Gasteiger partial charge in [0.1, 0.15) is 5.82 Å². The monoisotopic (exact) mass is 430 g/mol. The standard InChI is InChI=1S/C26H26F4O/c1-5-7-17-8-9-18(21(27)13-17)10-11-19-14-20-12-16(4)25(22(28)15(3)6-2)31-26(20)24(30)23(19)29/h8-9,13-14H,3-7,10-12H2,1-2H3/b25-22-. The van der Waals surface area contributed by atoms with Crippen molar-refractivity contribution in [3.63, 3.8) is 0 Å². The summed E-state index contributed by atoms with van der Waals surface area (Å²) in [5, 5.41) is 0. The minimum atomic E-state index is -1.17. The molecule has 0 N–H and O–H groups in total. The van der Waals surface area contributed by atoms with Crippen LogP contribution in [0, 0.1) is 17.5 Å². The number of hydrogen-bond donors (Lipinski definition) is 0. The zero-order valence-corrected chi connectivity index (χ0v) is 17.9. The number of allylic oxidation sites excluding steroid dienone is 3. The van der Waals surface area contributed by atoms with E-state index in [9.17, 15) is 17.6 Å². The lowest BCUT2D eigenvalue weighted by Crippen LogP contribution is -2.15. The summed E-state index contributed by atoms with van der Waals surface area (Å²) in [6.45, 7) is 11.2. The molecule has 0 fully saturated rings. The topological polar surface area (TPSA) is 9.23 Å². The molecule has 1 heterocycles. The van der Waals surface area contributed by atoms with Gasteiger partial charge in [-0.05, 0) is 65.7 Å². The number of benzene rings is 2. The molecule has 0 radical (unpaired) electrons. The predicted molar refractivity (Wildman–Crippen MR) is 115 cm³/mol. The van der Waals surface area contributed by atoms with Crippen LogP contribution >= 0.6 is 0 Å². The maximum atomic E-state index is 14.8. The molecule has 0 bridgehead atoms. The van der Waals surface area contributed by atoms with Crippen LogP contribution in [0.3, 0.4) is 0 Å². The summed E-state index contributed by atoms with van der Waals surface area (Å²) in [6, 6.07) is 6.53. The average Bonchev–Trinajstić information content (AvgIpc) is 2.75. The van der Waals surface area contributed by atoms with E-state index in [2.05, 4.69) is 13.2 Å². The molecule has 31 heavy (non-hydrogen) atoms. The fraction of sp³-hybridized carbons (Fsp3) is 0.308. The van der Waals surface area contributed by atoms with E-state index >= 15 is 0 Å². The molecule has 0 unspecified atom stereocenters. The Balaban J connectivity index is 1.86. The van der Waals surface area contributed by atoms with Gasteiger partial charge >= 0.3 is 0 Å². The van der Waals surface area contributed by atoms with Crippen molar-refractivity contribution in [3.05, 3.63) is 99.9 Å². The van der Waals surface area contributed by atoms with Gasteiger partial charge in [-0.15, -0.1) is 0 Å². The molecule has 1 aliphatic rings. The van der Waals surface area contributed by atoms with E-state index in [4.69, 9.17) is 4.74 Å². The first-order valence-corrected chi connectivity index (χ1v) is 10.5. The summed E-state index contributed by atoms with van der Waals surface area (Å²) in [5.74, 6) is -3.83. The van der Waals surface area contributed by atoms with Crippen molar-refractivity contribution in [1.82, 2.24) is 0 Å². The largest absolute Gasteiger partial charge is 0.450 e. The van der Waals surface area contributed by atoms with Crippen LogP contribution in [0.1, 0.15) is 48.9 Å². The van der Waals surface area contributed by atoms with Crippen molar-refractivity contribution in [2.75, 3.05) is 0 Å².